The standard InChI is InChI=1S/C13H20N2O3S/c16-11-4-5-15-10(7-11)9-14-13(15)8-12-3-1-2-6-19(12,17)18/h9,11-12,16H,1-8H2. The minimum Gasteiger partial charge on any atom is -0.393 e. The molecule has 1 fully saturated rings. The van der Waals surface area contributed by atoms with E-state index in [1.54, 1.807) is 6.20 Å². The fraction of sp³-hybridized carbons (Fsp3) is 0.769. The predicted molar refractivity (Wildman–Crippen MR) is 71.7 cm³/mol. The summed E-state index contributed by atoms with van der Waals surface area (Å²) in [6.07, 6.45) is 5.94. The number of nitrogens with zero attached hydrogens (tertiary/aromatic N) is 2. The predicted octanol–water partition coefficient (Wildman–Crippen LogP) is 0.700. The average Bonchev–Trinajstić information content (AvgIpc) is 2.74. The van der Waals surface area contributed by atoms with E-state index in [0.29, 0.717) is 18.6 Å². The molecule has 1 saturated heterocycles. The van der Waals surface area contributed by atoms with Gasteiger partial charge in [-0.3, -0.25) is 0 Å². The summed E-state index contributed by atoms with van der Waals surface area (Å²) in [5.74, 6) is 1.20. The zero-order valence-electron chi connectivity index (χ0n) is 11.0. The van der Waals surface area contributed by atoms with E-state index < -0.39 is 9.84 Å². The van der Waals surface area contributed by atoms with Gasteiger partial charge in [0.1, 0.15) is 5.82 Å². The molecule has 6 heteroatoms. The molecule has 1 aromatic heterocycles. The van der Waals surface area contributed by atoms with Crippen LogP contribution >= 0.6 is 0 Å². The number of rotatable bonds is 2. The summed E-state index contributed by atoms with van der Waals surface area (Å²) < 4.78 is 26.2. The van der Waals surface area contributed by atoms with Crippen LogP contribution in [0.15, 0.2) is 6.20 Å². The second-order valence-electron chi connectivity index (χ2n) is 5.65. The molecule has 2 atom stereocenters. The van der Waals surface area contributed by atoms with Gasteiger partial charge in [0.2, 0.25) is 0 Å². The summed E-state index contributed by atoms with van der Waals surface area (Å²) in [6, 6.07) is 0. The Morgan fingerprint density at radius 1 is 1.37 bits per heavy atom. The first-order valence-electron chi connectivity index (χ1n) is 6.99. The van der Waals surface area contributed by atoms with E-state index in [9.17, 15) is 13.5 Å². The normalized spacial score (nSPS) is 29.9. The zero-order chi connectivity index (χ0) is 13.5. The van der Waals surface area contributed by atoms with Gasteiger partial charge in [0.15, 0.2) is 9.84 Å². The summed E-state index contributed by atoms with van der Waals surface area (Å²) in [7, 11) is -2.94. The Balaban J connectivity index is 1.81. The second kappa shape index (κ2) is 4.90. The van der Waals surface area contributed by atoms with E-state index in [2.05, 4.69) is 9.55 Å². The quantitative estimate of drug-likeness (QED) is 0.867. The first-order valence-corrected chi connectivity index (χ1v) is 8.71. The van der Waals surface area contributed by atoms with Gasteiger partial charge in [-0.25, -0.2) is 13.4 Å². The molecular weight excluding hydrogens is 264 g/mol. The van der Waals surface area contributed by atoms with Crippen LogP contribution in [-0.2, 0) is 29.2 Å². The van der Waals surface area contributed by atoms with Crippen molar-refractivity contribution in [2.75, 3.05) is 5.75 Å². The number of fused-ring (bicyclic) bond motifs is 1. The molecule has 2 aliphatic heterocycles. The van der Waals surface area contributed by atoms with E-state index in [4.69, 9.17) is 0 Å². The van der Waals surface area contributed by atoms with Crippen molar-refractivity contribution in [1.29, 1.82) is 0 Å². The Hall–Kier alpha value is -0.880. The van der Waals surface area contributed by atoms with Crippen LogP contribution in [0.25, 0.3) is 0 Å². The fourth-order valence-electron chi connectivity index (χ4n) is 3.13. The summed E-state index contributed by atoms with van der Waals surface area (Å²) in [5, 5.41) is 9.37. The van der Waals surface area contributed by atoms with Gasteiger partial charge < -0.3 is 9.67 Å². The van der Waals surface area contributed by atoms with Crippen LogP contribution < -0.4 is 0 Å². The minimum absolute atomic E-state index is 0.264. The third kappa shape index (κ3) is 2.56. The van der Waals surface area contributed by atoms with Crippen LogP contribution in [0.2, 0.25) is 0 Å². The maximum atomic E-state index is 12.1. The van der Waals surface area contributed by atoms with Crippen molar-refractivity contribution in [2.45, 2.75) is 56.4 Å². The van der Waals surface area contributed by atoms with Crippen LogP contribution in [0.5, 0.6) is 0 Å². The first-order chi connectivity index (χ1) is 9.06. The van der Waals surface area contributed by atoms with Crippen LogP contribution in [-0.4, -0.2) is 40.2 Å². The van der Waals surface area contributed by atoms with Gasteiger partial charge in [-0.05, 0) is 19.3 Å². The van der Waals surface area contributed by atoms with Crippen LogP contribution in [0, 0.1) is 0 Å². The van der Waals surface area contributed by atoms with Gasteiger partial charge in [-0.15, -0.1) is 0 Å². The molecule has 5 nitrogen and oxygen atoms in total. The highest BCUT2D eigenvalue weighted by Crippen LogP contribution is 2.24. The molecule has 0 bridgehead atoms. The molecule has 19 heavy (non-hydrogen) atoms. The van der Waals surface area contributed by atoms with Crippen molar-refractivity contribution in [3.63, 3.8) is 0 Å². The highest BCUT2D eigenvalue weighted by atomic mass is 32.2. The van der Waals surface area contributed by atoms with Crippen molar-refractivity contribution in [1.82, 2.24) is 9.55 Å². The molecule has 3 heterocycles. The fourth-order valence-corrected chi connectivity index (χ4v) is 5.00. The Labute approximate surface area is 113 Å². The van der Waals surface area contributed by atoms with E-state index in [-0.39, 0.29) is 11.4 Å². The maximum Gasteiger partial charge on any atom is 0.153 e. The number of imidazole rings is 1. The van der Waals surface area contributed by atoms with E-state index in [0.717, 1.165) is 43.7 Å². The van der Waals surface area contributed by atoms with E-state index >= 15 is 0 Å². The third-order valence-corrected chi connectivity index (χ3v) is 6.55. The van der Waals surface area contributed by atoms with Gasteiger partial charge in [-0.1, -0.05) is 6.42 Å². The molecule has 0 aromatic carbocycles. The number of aliphatic hydroxyl groups is 1. The largest absolute Gasteiger partial charge is 0.393 e. The van der Waals surface area contributed by atoms with Gasteiger partial charge in [0.25, 0.3) is 0 Å². The van der Waals surface area contributed by atoms with Crippen LogP contribution in [0.3, 0.4) is 0 Å². The maximum absolute atomic E-state index is 12.1. The Morgan fingerprint density at radius 3 is 3.00 bits per heavy atom. The molecule has 1 aromatic rings. The lowest BCUT2D eigenvalue weighted by molar-refractivity contribution is 0.142. The van der Waals surface area contributed by atoms with Crippen molar-refractivity contribution in [2.24, 2.45) is 0 Å². The smallest absolute Gasteiger partial charge is 0.153 e. The topological polar surface area (TPSA) is 72.2 Å². The molecule has 106 valence electrons. The second-order valence-corrected chi connectivity index (χ2v) is 8.05. The zero-order valence-corrected chi connectivity index (χ0v) is 11.8. The third-order valence-electron chi connectivity index (χ3n) is 4.27. The lowest BCUT2D eigenvalue weighted by Crippen LogP contribution is -2.32. The molecular formula is C13H20N2O3S. The van der Waals surface area contributed by atoms with Crippen LogP contribution in [0.4, 0.5) is 0 Å². The Morgan fingerprint density at radius 2 is 2.21 bits per heavy atom. The lowest BCUT2D eigenvalue weighted by atomic mass is 10.1. The number of hydrogen-bond acceptors (Lipinski definition) is 4. The van der Waals surface area contributed by atoms with Crippen molar-refractivity contribution < 1.29 is 13.5 Å². The number of sulfone groups is 1. The van der Waals surface area contributed by atoms with Gasteiger partial charge in [0, 0.05) is 31.3 Å². The summed E-state index contributed by atoms with van der Waals surface area (Å²) in [4.78, 5) is 4.38. The van der Waals surface area contributed by atoms with Gasteiger partial charge >= 0.3 is 0 Å². The van der Waals surface area contributed by atoms with Crippen molar-refractivity contribution in [3.05, 3.63) is 17.7 Å². The number of aliphatic hydroxyl groups excluding tert-OH is 1. The van der Waals surface area contributed by atoms with Gasteiger partial charge in [-0.2, -0.15) is 0 Å². The van der Waals surface area contributed by atoms with Crippen molar-refractivity contribution in [3.8, 4) is 0 Å². The molecule has 0 amide bonds. The average molecular weight is 284 g/mol. The Kier molecular flexibility index (Phi) is 3.39. The van der Waals surface area contributed by atoms with E-state index in [1.807, 2.05) is 0 Å². The number of aromatic nitrogens is 2. The summed E-state index contributed by atoms with van der Waals surface area (Å²) in [5.41, 5.74) is 1.03. The monoisotopic (exact) mass is 284 g/mol. The Bertz CT molecular complexity index is 564. The van der Waals surface area contributed by atoms with Gasteiger partial charge in [0.05, 0.1) is 17.1 Å². The molecule has 0 spiro atoms. The minimum atomic E-state index is -2.94. The summed E-state index contributed by atoms with van der Waals surface area (Å²) >= 11 is 0. The molecule has 2 unspecified atom stereocenters. The van der Waals surface area contributed by atoms with Crippen molar-refractivity contribution >= 4 is 9.84 Å². The molecule has 0 saturated carbocycles. The van der Waals surface area contributed by atoms with Crippen LogP contribution in [0.1, 0.15) is 37.2 Å². The lowest BCUT2D eigenvalue weighted by Gasteiger charge is -2.24. The van der Waals surface area contributed by atoms with E-state index in [1.165, 1.54) is 0 Å². The first kappa shape index (κ1) is 13.1. The highest BCUT2D eigenvalue weighted by Gasteiger charge is 2.31. The molecule has 1 N–H and O–H groups in total. The SMILES string of the molecule is O=S1(=O)CCCCC1Cc1ncc2n1CCC(O)C2. The molecule has 0 radical (unpaired) electrons. The molecule has 0 aliphatic carbocycles. The summed E-state index contributed by atoms with van der Waals surface area (Å²) in [6.45, 7) is 0.749. The molecule has 2 aliphatic rings. The number of hydrogen-bond donors (Lipinski definition) is 1. The highest BCUT2D eigenvalue weighted by molar-refractivity contribution is 7.92. The molecule has 3 rings (SSSR count).